The van der Waals surface area contributed by atoms with Crippen LogP contribution >= 0.6 is 0 Å². The first-order chi connectivity index (χ1) is 33.0. The summed E-state index contributed by atoms with van der Waals surface area (Å²) in [7, 11) is 0. The topological polar surface area (TPSA) is 78.9 Å². The highest BCUT2D eigenvalue weighted by molar-refractivity contribution is 5.71. The summed E-state index contributed by atoms with van der Waals surface area (Å²) >= 11 is 0. The van der Waals surface area contributed by atoms with Crippen LogP contribution in [-0.2, 0) is 28.6 Å². The molecule has 0 aliphatic heterocycles. The number of esters is 3. The molecule has 0 aromatic heterocycles. The van der Waals surface area contributed by atoms with Crippen LogP contribution in [0.1, 0.15) is 329 Å². The Kier molecular flexibility index (Phi) is 54.7. The van der Waals surface area contributed by atoms with Gasteiger partial charge in [0.1, 0.15) is 13.2 Å². The van der Waals surface area contributed by atoms with Crippen molar-refractivity contribution in [1.82, 2.24) is 0 Å². The summed E-state index contributed by atoms with van der Waals surface area (Å²) in [6, 6.07) is 0. The van der Waals surface area contributed by atoms with Gasteiger partial charge in [-0.2, -0.15) is 0 Å². The van der Waals surface area contributed by atoms with Crippen LogP contribution in [0.15, 0.2) is 24.3 Å². The van der Waals surface area contributed by atoms with Crippen molar-refractivity contribution in [3.8, 4) is 0 Å². The molecule has 6 nitrogen and oxygen atoms in total. The van der Waals surface area contributed by atoms with Crippen molar-refractivity contribution in [3.63, 3.8) is 0 Å². The molecular weight excluding hydrogens is 829 g/mol. The molecule has 67 heavy (non-hydrogen) atoms. The molecule has 0 rings (SSSR count). The van der Waals surface area contributed by atoms with E-state index >= 15 is 0 Å². The molecule has 0 bridgehead atoms. The van der Waals surface area contributed by atoms with E-state index in [4.69, 9.17) is 14.2 Å². The number of hydrogen-bond donors (Lipinski definition) is 0. The Morgan fingerprint density at radius 3 is 0.896 bits per heavy atom. The van der Waals surface area contributed by atoms with Crippen molar-refractivity contribution < 1.29 is 28.6 Å². The van der Waals surface area contributed by atoms with Crippen molar-refractivity contribution in [2.24, 2.45) is 0 Å². The van der Waals surface area contributed by atoms with Gasteiger partial charge in [0.25, 0.3) is 0 Å². The second-order valence-corrected chi connectivity index (χ2v) is 20.2. The second kappa shape index (κ2) is 56.5. The number of hydrogen-bond acceptors (Lipinski definition) is 6. The van der Waals surface area contributed by atoms with Gasteiger partial charge in [0, 0.05) is 19.3 Å². The molecule has 0 aliphatic carbocycles. The maximum Gasteiger partial charge on any atom is 0.306 e. The number of rotatable bonds is 55. The summed E-state index contributed by atoms with van der Waals surface area (Å²) < 4.78 is 16.9. The smallest absolute Gasteiger partial charge is 0.306 e. The first-order valence-electron chi connectivity index (χ1n) is 29.8. The number of unbranched alkanes of at least 4 members (excludes halogenated alkanes) is 40. The largest absolute Gasteiger partial charge is 0.462 e. The molecule has 0 fully saturated rings. The molecule has 0 aromatic carbocycles. The molecule has 0 spiro atoms. The van der Waals surface area contributed by atoms with Gasteiger partial charge in [-0.15, -0.1) is 0 Å². The zero-order valence-electron chi connectivity index (χ0n) is 45.2. The Morgan fingerprint density at radius 1 is 0.313 bits per heavy atom. The monoisotopic (exact) mass is 943 g/mol. The van der Waals surface area contributed by atoms with Gasteiger partial charge in [0.15, 0.2) is 6.10 Å². The highest BCUT2D eigenvalue weighted by atomic mass is 16.6. The van der Waals surface area contributed by atoms with Crippen LogP contribution < -0.4 is 0 Å². The quantitative estimate of drug-likeness (QED) is 0.0262. The van der Waals surface area contributed by atoms with Crippen molar-refractivity contribution in [2.45, 2.75) is 335 Å². The molecule has 0 saturated carbocycles. The minimum Gasteiger partial charge on any atom is -0.462 e. The van der Waals surface area contributed by atoms with Crippen LogP contribution in [0.25, 0.3) is 0 Å². The first kappa shape index (κ1) is 64.9. The second-order valence-electron chi connectivity index (χ2n) is 20.2. The molecule has 0 N–H and O–H groups in total. The van der Waals surface area contributed by atoms with E-state index in [9.17, 15) is 14.4 Å². The minimum absolute atomic E-state index is 0.0700. The van der Waals surface area contributed by atoms with Crippen LogP contribution in [0.3, 0.4) is 0 Å². The van der Waals surface area contributed by atoms with E-state index in [1.165, 1.54) is 205 Å². The molecular formula is C61H114O6. The SMILES string of the molecule is CC/C=C\C/C=C\CCCCCCCC(=O)OCC(COC(=O)CCCCCCCCCCCCCCCCCCCCC)OC(=O)CCCCCCCCCCCCCCCCCCCC. The van der Waals surface area contributed by atoms with Crippen LogP contribution in [0.2, 0.25) is 0 Å². The van der Waals surface area contributed by atoms with Gasteiger partial charge in [0.05, 0.1) is 0 Å². The van der Waals surface area contributed by atoms with Crippen molar-refractivity contribution in [1.29, 1.82) is 0 Å². The summed E-state index contributed by atoms with van der Waals surface area (Å²) in [5.74, 6) is -0.862. The summed E-state index contributed by atoms with van der Waals surface area (Å²) in [4.78, 5) is 38.2. The standard InChI is InChI=1S/C61H114O6/c1-4-7-10-13-16-19-22-25-27-29-31-33-34-36-39-42-45-48-51-54-60(63)66-57-58(56-65-59(62)53-50-47-44-41-38-24-21-18-15-12-9-6-3)67-61(64)55-52-49-46-43-40-37-35-32-30-28-26-23-20-17-14-11-8-5-2/h9,12,18,21,58H,4-8,10-11,13-17,19-20,22-57H2,1-3H3/b12-9-,21-18-. The third kappa shape index (κ3) is 54.7. The fourth-order valence-corrected chi connectivity index (χ4v) is 9.01. The number of ether oxygens (including phenoxy) is 3. The average molecular weight is 944 g/mol. The predicted molar refractivity (Wildman–Crippen MR) is 289 cm³/mol. The maximum atomic E-state index is 12.9. The zero-order valence-corrected chi connectivity index (χ0v) is 45.2. The normalized spacial score (nSPS) is 12.1. The van der Waals surface area contributed by atoms with Gasteiger partial charge >= 0.3 is 17.9 Å². The molecule has 0 radical (unpaired) electrons. The molecule has 0 amide bonds. The Hall–Kier alpha value is -2.11. The number of carbonyl (C=O) groups excluding carboxylic acids is 3. The summed E-state index contributed by atoms with van der Waals surface area (Å²) in [5.41, 5.74) is 0. The first-order valence-corrected chi connectivity index (χ1v) is 29.8. The summed E-state index contributed by atoms with van der Waals surface area (Å²) in [5, 5.41) is 0. The fraction of sp³-hybridized carbons (Fsp3) is 0.885. The Labute approximate surface area is 417 Å². The lowest BCUT2D eigenvalue weighted by molar-refractivity contribution is -0.167. The van der Waals surface area contributed by atoms with Gasteiger partial charge in [0.2, 0.25) is 0 Å². The maximum absolute atomic E-state index is 12.9. The molecule has 0 saturated heterocycles. The third-order valence-electron chi connectivity index (χ3n) is 13.5. The van der Waals surface area contributed by atoms with Crippen LogP contribution in [-0.4, -0.2) is 37.2 Å². The molecule has 1 unspecified atom stereocenters. The molecule has 394 valence electrons. The van der Waals surface area contributed by atoms with Crippen molar-refractivity contribution in [3.05, 3.63) is 24.3 Å². The van der Waals surface area contributed by atoms with E-state index in [1.54, 1.807) is 0 Å². The van der Waals surface area contributed by atoms with Gasteiger partial charge in [-0.3, -0.25) is 14.4 Å². The summed E-state index contributed by atoms with van der Waals surface area (Å²) in [6.07, 6.45) is 66.1. The van der Waals surface area contributed by atoms with E-state index in [0.717, 1.165) is 83.5 Å². The highest BCUT2D eigenvalue weighted by Crippen LogP contribution is 2.18. The third-order valence-corrected chi connectivity index (χ3v) is 13.5. The molecule has 6 heteroatoms. The zero-order chi connectivity index (χ0) is 48.6. The Morgan fingerprint density at radius 2 is 0.582 bits per heavy atom. The molecule has 0 aliphatic rings. The van der Waals surface area contributed by atoms with Gasteiger partial charge in [-0.1, -0.05) is 289 Å². The van der Waals surface area contributed by atoms with E-state index in [-0.39, 0.29) is 31.1 Å². The minimum atomic E-state index is -0.772. The van der Waals surface area contributed by atoms with E-state index in [1.807, 2.05) is 0 Å². The lowest BCUT2D eigenvalue weighted by atomic mass is 10.0. The van der Waals surface area contributed by atoms with Gasteiger partial charge < -0.3 is 14.2 Å². The van der Waals surface area contributed by atoms with E-state index in [2.05, 4.69) is 45.1 Å². The molecule has 1 atom stereocenters. The van der Waals surface area contributed by atoms with E-state index in [0.29, 0.717) is 19.3 Å². The Bertz CT molecular complexity index is 1080. The molecule has 0 aromatic rings. The average Bonchev–Trinajstić information content (AvgIpc) is 3.33. The number of allylic oxidation sites excluding steroid dienone is 4. The van der Waals surface area contributed by atoms with Crippen LogP contribution in [0.4, 0.5) is 0 Å². The van der Waals surface area contributed by atoms with E-state index < -0.39 is 6.10 Å². The van der Waals surface area contributed by atoms with Crippen molar-refractivity contribution in [2.75, 3.05) is 13.2 Å². The van der Waals surface area contributed by atoms with Gasteiger partial charge in [-0.05, 0) is 44.9 Å². The van der Waals surface area contributed by atoms with Crippen LogP contribution in [0, 0.1) is 0 Å². The van der Waals surface area contributed by atoms with Crippen molar-refractivity contribution >= 4 is 17.9 Å². The highest BCUT2D eigenvalue weighted by Gasteiger charge is 2.19. The Balaban J connectivity index is 4.27. The number of carbonyl (C=O) groups is 3. The molecule has 0 heterocycles. The predicted octanol–water partition coefficient (Wildman–Crippen LogP) is 19.9. The lowest BCUT2D eigenvalue weighted by Crippen LogP contribution is -2.30. The van der Waals surface area contributed by atoms with Gasteiger partial charge in [-0.25, -0.2) is 0 Å². The lowest BCUT2D eigenvalue weighted by Gasteiger charge is -2.18. The summed E-state index contributed by atoms with van der Waals surface area (Å²) in [6.45, 7) is 6.58. The fourth-order valence-electron chi connectivity index (χ4n) is 9.01. The van der Waals surface area contributed by atoms with Crippen LogP contribution in [0.5, 0.6) is 0 Å².